The monoisotopic (exact) mass is 260 g/mol. The number of nitrogens with zero attached hydrogens (tertiary/aromatic N) is 2. The van der Waals surface area contributed by atoms with Gasteiger partial charge in [0, 0.05) is 42.7 Å². The van der Waals surface area contributed by atoms with Gasteiger partial charge in [0.15, 0.2) is 0 Å². The molecule has 2 rings (SSSR count). The molecule has 0 amide bonds. The van der Waals surface area contributed by atoms with Gasteiger partial charge >= 0.3 is 0 Å². The van der Waals surface area contributed by atoms with E-state index in [1.54, 1.807) is 13.3 Å². The lowest BCUT2D eigenvalue weighted by Gasteiger charge is -2.25. The number of H-pyrrole nitrogens is 1. The summed E-state index contributed by atoms with van der Waals surface area (Å²) >= 11 is 0. The largest absolute Gasteiger partial charge is 0.383 e. The lowest BCUT2D eigenvalue weighted by atomic mass is 10.1. The van der Waals surface area contributed by atoms with Crippen molar-refractivity contribution in [2.24, 2.45) is 0 Å². The van der Waals surface area contributed by atoms with Crippen molar-refractivity contribution >= 4 is 0 Å². The standard InChI is InChI=1S/C14H20N4O/c1-14(2,10-19-3)16-8-12-9-17-18-13(12)11-5-4-6-15-7-11/h4-7,9,16H,8,10H2,1-3H3,(H,17,18). The predicted molar refractivity (Wildman–Crippen MR) is 74.6 cm³/mol. The van der Waals surface area contributed by atoms with Crippen LogP contribution in [0.1, 0.15) is 19.4 Å². The second-order valence-electron chi connectivity index (χ2n) is 5.18. The van der Waals surface area contributed by atoms with Gasteiger partial charge in [-0.1, -0.05) is 0 Å². The fourth-order valence-electron chi connectivity index (χ4n) is 1.95. The molecular formula is C14H20N4O. The number of aromatic amines is 1. The number of hydrogen-bond donors (Lipinski definition) is 2. The molecule has 0 aliphatic rings. The van der Waals surface area contributed by atoms with E-state index >= 15 is 0 Å². The van der Waals surface area contributed by atoms with Crippen LogP contribution in [-0.2, 0) is 11.3 Å². The Labute approximate surface area is 113 Å². The molecule has 2 aromatic rings. The van der Waals surface area contributed by atoms with E-state index in [9.17, 15) is 0 Å². The van der Waals surface area contributed by atoms with Crippen LogP contribution in [0.3, 0.4) is 0 Å². The van der Waals surface area contributed by atoms with Crippen LogP contribution in [-0.4, -0.2) is 34.4 Å². The van der Waals surface area contributed by atoms with Crippen LogP contribution >= 0.6 is 0 Å². The molecule has 5 nitrogen and oxygen atoms in total. The average molecular weight is 260 g/mol. The number of nitrogens with one attached hydrogen (secondary N) is 2. The number of rotatable bonds is 6. The molecule has 2 heterocycles. The van der Waals surface area contributed by atoms with Crippen molar-refractivity contribution in [1.29, 1.82) is 0 Å². The number of methoxy groups -OCH3 is 1. The first-order valence-corrected chi connectivity index (χ1v) is 6.29. The summed E-state index contributed by atoms with van der Waals surface area (Å²) in [5.74, 6) is 0. The molecule has 19 heavy (non-hydrogen) atoms. The quantitative estimate of drug-likeness (QED) is 0.833. The van der Waals surface area contributed by atoms with E-state index in [2.05, 4.69) is 34.3 Å². The minimum atomic E-state index is -0.0712. The Morgan fingerprint density at radius 1 is 1.37 bits per heavy atom. The van der Waals surface area contributed by atoms with E-state index in [1.165, 1.54) is 0 Å². The molecule has 0 aliphatic heterocycles. The van der Waals surface area contributed by atoms with Gasteiger partial charge in [-0.2, -0.15) is 5.10 Å². The molecule has 0 bridgehead atoms. The maximum atomic E-state index is 5.20. The van der Waals surface area contributed by atoms with Gasteiger partial charge in [-0.15, -0.1) is 0 Å². The predicted octanol–water partition coefficient (Wildman–Crippen LogP) is 1.99. The number of ether oxygens (including phenoxy) is 1. The molecule has 0 atom stereocenters. The molecule has 2 N–H and O–H groups in total. The fraction of sp³-hybridized carbons (Fsp3) is 0.429. The SMILES string of the molecule is COCC(C)(C)NCc1cn[nH]c1-c1cccnc1. The summed E-state index contributed by atoms with van der Waals surface area (Å²) in [6.07, 6.45) is 5.44. The van der Waals surface area contributed by atoms with Gasteiger partial charge in [-0.25, -0.2) is 0 Å². The van der Waals surface area contributed by atoms with E-state index in [0.29, 0.717) is 6.61 Å². The Morgan fingerprint density at radius 3 is 2.89 bits per heavy atom. The number of hydrogen-bond acceptors (Lipinski definition) is 4. The Bertz CT molecular complexity index is 507. The van der Waals surface area contributed by atoms with E-state index in [1.807, 2.05) is 24.5 Å². The van der Waals surface area contributed by atoms with Crippen LogP contribution in [0, 0.1) is 0 Å². The molecule has 5 heteroatoms. The molecular weight excluding hydrogens is 240 g/mol. The minimum absolute atomic E-state index is 0.0712. The zero-order chi connectivity index (χ0) is 13.7. The van der Waals surface area contributed by atoms with E-state index in [-0.39, 0.29) is 5.54 Å². The lowest BCUT2D eigenvalue weighted by Crippen LogP contribution is -2.42. The molecule has 0 aromatic carbocycles. The molecule has 102 valence electrons. The smallest absolute Gasteiger partial charge is 0.0710 e. The molecule has 0 spiro atoms. The third kappa shape index (κ3) is 3.62. The maximum absolute atomic E-state index is 5.20. The first-order valence-electron chi connectivity index (χ1n) is 6.29. The highest BCUT2D eigenvalue weighted by atomic mass is 16.5. The number of aromatic nitrogens is 3. The van der Waals surface area contributed by atoms with Gasteiger partial charge in [0.2, 0.25) is 0 Å². The molecule has 0 unspecified atom stereocenters. The van der Waals surface area contributed by atoms with E-state index < -0.39 is 0 Å². The third-order valence-electron chi connectivity index (χ3n) is 2.93. The Morgan fingerprint density at radius 2 is 2.21 bits per heavy atom. The van der Waals surface area contributed by atoms with Gasteiger partial charge in [-0.3, -0.25) is 10.1 Å². The molecule has 0 aliphatic carbocycles. The van der Waals surface area contributed by atoms with Crippen LogP contribution in [0.2, 0.25) is 0 Å². The van der Waals surface area contributed by atoms with Crippen molar-refractivity contribution < 1.29 is 4.74 Å². The zero-order valence-corrected chi connectivity index (χ0v) is 11.6. The highest BCUT2D eigenvalue weighted by molar-refractivity contribution is 5.61. The normalized spacial score (nSPS) is 11.7. The third-order valence-corrected chi connectivity index (χ3v) is 2.93. The summed E-state index contributed by atoms with van der Waals surface area (Å²) in [5.41, 5.74) is 3.10. The Balaban J connectivity index is 2.09. The van der Waals surface area contributed by atoms with Gasteiger partial charge in [0.25, 0.3) is 0 Å². The van der Waals surface area contributed by atoms with Gasteiger partial charge in [-0.05, 0) is 26.0 Å². The first kappa shape index (κ1) is 13.7. The zero-order valence-electron chi connectivity index (χ0n) is 11.6. The first-order chi connectivity index (χ1) is 9.12. The van der Waals surface area contributed by atoms with Gasteiger partial charge in [0.1, 0.15) is 0 Å². The van der Waals surface area contributed by atoms with Crippen molar-refractivity contribution in [3.8, 4) is 11.3 Å². The van der Waals surface area contributed by atoms with Crippen LogP contribution < -0.4 is 5.32 Å². The van der Waals surface area contributed by atoms with Crippen LogP contribution in [0.5, 0.6) is 0 Å². The summed E-state index contributed by atoms with van der Waals surface area (Å²) in [7, 11) is 1.71. The van der Waals surface area contributed by atoms with Crippen molar-refractivity contribution in [2.75, 3.05) is 13.7 Å². The molecule has 0 saturated heterocycles. The Kier molecular flexibility index (Phi) is 4.29. The summed E-state index contributed by atoms with van der Waals surface area (Å²) in [6, 6.07) is 3.94. The Hall–Kier alpha value is -1.72. The van der Waals surface area contributed by atoms with Gasteiger partial charge < -0.3 is 10.1 Å². The molecule has 0 saturated carbocycles. The molecule has 0 radical (unpaired) electrons. The maximum Gasteiger partial charge on any atom is 0.0710 e. The lowest BCUT2D eigenvalue weighted by molar-refractivity contribution is 0.128. The van der Waals surface area contributed by atoms with Gasteiger partial charge in [0.05, 0.1) is 18.5 Å². The van der Waals surface area contributed by atoms with Crippen molar-refractivity contribution in [3.05, 3.63) is 36.3 Å². The number of pyridine rings is 1. The van der Waals surface area contributed by atoms with Crippen molar-refractivity contribution in [2.45, 2.75) is 25.9 Å². The van der Waals surface area contributed by atoms with E-state index in [4.69, 9.17) is 4.74 Å². The van der Waals surface area contributed by atoms with E-state index in [0.717, 1.165) is 23.4 Å². The average Bonchev–Trinajstić information content (AvgIpc) is 2.86. The molecule has 0 fully saturated rings. The summed E-state index contributed by atoms with van der Waals surface area (Å²) in [5, 5.41) is 10.6. The topological polar surface area (TPSA) is 62.8 Å². The minimum Gasteiger partial charge on any atom is -0.383 e. The summed E-state index contributed by atoms with van der Waals surface area (Å²) in [4.78, 5) is 4.13. The fourth-order valence-corrected chi connectivity index (χ4v) is 1.95. The highest BCUT2D eigenvalue weighted by Gasteiger charge is 2.17. The van der Waals surface area contributed by atoms with Crippen LogP contribution in [0.4, 0.5) is 0 Å². The summed E-state index contributed by atoms with van der Waals surface area (Å²) < 4.78 is 5.20. The second kappa shape index (κ2) is 5.95. The highest BCUT2D eigenvalue weighted by Crippen LogP contribution is 2.20. The summed E-state index contributed by atoms with van der Waals surface area (Å²) in [6.45, 7) is 5.62. The molecule has 2 aromatic heterocycles. The van der Waals surface area contributed by atoms with Crippen molar-refractivity contribution in [3.63, 3.8) is 0 Å². The van der Waals surface area contributed by atoms with Crippen LogP contribution in [0.15, 0.2) is 30.7 Å². The van der Waals surface area contributed by atoms with Crippen molar-refractivity contribution in [1.82, 2.24) is 20.5 Å². The van der Waals surface area contributed by atoms with Crippen LogP contribution in [0.25, 0.3) is 11.3 Å². The second-order valence-corrected chi connectivity index (χ2v) is 5.18.